The van der Waals surface area contributed by atoms with E-state index in [4.69, 9.17) is 20.8 Å². The molecule has 0 aliphatic heterocycles. The predicted molar refractivity (Wildman–Crippen MR) is 126 cm³/mol. The Morgan fingerprint density at radius 2 is 1.82 bits per heavy atom. The molecular formula is C24H20ClN3O4S. The molecule has 7 nitrogen and oxygen atoms in total. The van der Waals surface area contributed by atoms with Crippen molar-refractivity contribution in [1.29, 1.82) is 0 Å². The van der Waals surface area contributed by atoms with E-state index in [1.54, 1.807) is 55.5 Å². The molecule has 0 bridgehead atoms. The van der Waals surface area contributed by atoms with E-state index >= 15 is 0 Å². The second kappa shape index (κ2) is 10.3. The number of halogens is 1. The maximum atomic E-state index is 12.3. The van der Waals surface area contributed by atoms with Crippen LogP contribution in [0.25, 0.3) is 10.8 Å². The monoisotopic (exact) mass is 481 g/mol. The zero-order valence-electron chi connectivity index (χ0n) is 17.6. The molecule has 9 heteroatoms. The Kier molecular flexibility index (Phi) is 7.07. The smallest absolute Gasteiger partial charge is 0.269 e. The lowest BCUT2D eigenvalue weighted by Crippen LogP contribution is -2.42. The predicted octanol–water partition coefficient (Wildman–Crippen LogP) is 4.95. The molecule has 0 unspecified atom stereocenters. The molecule has 4 aromatic rings. The maximum absolute atomic E-state index is 12.3. The van der Waals surface area contributed by atoms with Crippen LogP contribution in [-0.4, -0.2) is 16.8 Å². The highest BCUT2D eigenvalue weighted by molar-refractivity contribution is 7.13. The molecule has 2 aromatic heterocycles. The van der Waals surface area contributed by atoms with Crippen LogP contribution in [0.1, 0.15) is 27.4 Å². The van der Waals surface area contributed by atoms with Gasteiger partial charge in [0.15, 0.2) is 0 Å². The van der Waals surface area contributed by atoms with Crippen LogP contribution >= 0.6 is 22.9 Å². The van der Waals surface area contributed by atoms with E-state index in [0.29, 0.717) is 40.3 Å². The Bertz CT molecular complexity index is 1240. The van der Waals surface area contributed by atoms with Gasteiger partial charge in [-0.05, 0) is 60.3 Å². The number of carbonyl (C=O) groups is 2. The van der Waals surface area contributed by atoms with Crippen molar-refractivity contribution in [3.63, 3.8) is 0 Å². The first-order chi connectivity index (χ1) is 16.0. The highest BCUT2D eigenvalue weighted by Crippen LogP contribution is 2.26. The van der Waals surface area contributed by atoms with E-state index < -0.39 is 11.8 Å². The Hall–Kier alpha value is -3.62. The fourth-order valence-corrected chi connectivity index (χ4v) is 3.72. The van der Waals surface area contributed by atoms with Crippen molar-refractivity contribution < 1.29 is 18.7 Å². The van der Waals surface area contributed by atoms with Gasteiger partial charge in [-0.1, -0.05) is 29.8 Å². The zero-order chi connectivity index (χ0) is 23.2. The van der Waals surface area contributed by atoms with Crippen molar-refractivity contribution in [2.75, 3.05) is 0 Å². The number of amides is 2. The van der Waals surface area contributed by atoms with Crippen LogP contribution in [0.4, 0.5) is 0 Å². The molecule has 2 heterocycles. The van der Waals surface area contributed by atoms with E-state index in [0.717, 1.165) is 10.4 Å². The minimum Gasteiger partial charge on any atom is -0.489 e. The van der Waals surface area contributed by atoms with Crippen molar-refractivity contribution >= 4 is 34.8 Å². The van der Waals surface area contributed by atoms with E-state index in [1.165, 1.54) is 11.3 Å². The molecule has 2 amide bonds. The van der Waals surface area contributed by atoms with Gasteiger partial charge >= 0.3 is 0 Å². The summed E-state index contributed by atoms with van der Waals surface area (Å²) in [5, 5.41) is 2.57. The van der Waals surface area contributed by atoms with Crippen LogP contribution in [-0.2, 0) is 17.8 Å². The molecule has 33 heavy (non-hydrogen) atoms. The number of oxazole rings is 1. The number of hydrazine groups is 1. The third kappa shape index (κ3) is 6.00. The number of hydrogen-bond acceptors (Lipinski definition) is 6. The molecule has 0 fully saturated rings. The Morgan fingerprint density at radius 3 is 2.52 bits per heavy atom. The molecule has 168 valence electrons. The molecule has 0 atom stereocenters. The summed E-state index contributed by atoms with van der Waals surface area (Å²) in [5.74, 6) is 0.926. The molecule has 2 N–H and O–H groups in total. The number of aryl methyl sites for hydroxylation is 1. The topological polar surface area (TPSA) is 93.5 Å². The van der Waals surface area contributed by atoms with Gasteiger partial charge in [-0.15, -0.1) is 11.3 Å². The normalized spacial score (nSPS) is 10.6. The molecule has 2 aromatic carbocycles. The molecule has 0 aliphatic carbocycles. The van der Waals surface area contributed by atoms with Crippen molar-refractivity contribution in [2.45, 2.75) is 20.0 Å². The van der Waals surface area contributed by atoms with Crippen molar-refractivity contribution in [3.8, 4) is 16.5 Å². The average molecular weight is 482 g/mol. The first kappa shape index (κ1) is 22.6. The molecule has 0 saturated heterocycles. The van der Waals surface area contributed by atoms with Crippen molar-refractivity contribution in [3.05, 3.63) is 93.6 Å². The van der Waals surface area contributed by atoms with Gasteiger partial charge in [-0.25, -0.2) is 4.98 Å². The number of hydrogen-bond donors (Lipinski definition) is 2. The number of rotatable bonds is 7. The van der Waals surface area contributed by atoms with Gasteiger partial charge in [0, 0.05) is 10.6 Å². The summed E-state index contributed by atoms with van der Waals surface area (Å²) in [7, 11) is 0. The lowest BCUT2D eigenvalue weighted by molar-refractivity contribution is -0.121. The lowest BCUT2D eigenvalue weighted by Gasteiger charge is -2.09. The number of nitrogens with zero attached hydrogens (tertiary/aromatic N) is 1. The molecular weight excluding hydrogens is 462 g/mol. The van der Waals surface area contributed by atoms with Crippen LogP contribution in [0.2, 0.25) is 5.02 Å². The fourth-order valence-electron chi connectivity index (χ4n) is 2.94. The highest BCUT2D eigenvalue weighted by atomic mass is 35.5. The summed E-state index contributed by atoms with van der Waals surface area (Å²) >= 11 is 7.37. The molecule has 0 spiro atoms. The second-order valence-electron chi connectivity index (χ2n) is 7.12. The quantitative estimate of drug-likeness (QED) is 0.364. The largest absolute Gasteiger partial charge is 0.489 e. The summed E-state index contributed by atoms with van der Waals surface area (Å²) in [6, 6.07) is 17.8. The first-order valence-electron chi connectivity index (χ1n) is 10.0. The summed E-state index contributed by atoms with van der Waals surface area (Å²) < 4.78 is 11.3. The number of benzene rings is 2. The maximum Gasteiger partial charge on any atom is 0.269 e. The Morgan fingerprint density at radius 1 is 1.06 bits per heavy atom. The lowest BCUT2D eigenvalue weighted by atomic mass is 10.1. The standard InChI is InChI=1S/C24H20ClN3O4S/c1-15-20(26-24(32-15)21-3-2-12-33-21)13-22(29)27-28-23(30)17-6-4-16(5-7-17)14-31-19-10-8-18(25)9-11-19/h2-12H,13-14H2,1H3,(H,27,29)(H,28,30). The number of thiophene rings is 1. The summed E-state index contributed by atoms with van der Waals surface area (Å²) in [5.41, 5.74) is 6.66. The first-order valence-corrected chi connectivity index (χ1v) is 11.3. The van der Waals surface area contributed by atoms with Crippen LogP contribution in [0.5, 0.6) is 5.75 Å². The Balaban J connectivity index is 1.26. The van der Waals surface area contributed by atoms with E-state index in [2.05, 4.69) is 15.8 Å². The van der Waals surface area contributed by atoms with Gasteiger partial charge in [0.2, 0.25) is 11.8 Å². The molecule has 0 aliphatic rings. The van der Waals surface area contributed by atoms with Crippen molar-refractivity contribution in [1.82, 2.24) is 15.8 Å². The number of aromatic nitrogens is 1. The van der Waals surface area contributed by atoms with E-state index in [-0.39, 0.29) is 6.42 Å². The van der Waals surface area contributed by atoms with Gasteiger partial charge in [-0.3, -0.25) is 20.4 Å². The SMILES string of the molecule is Cc1oc(-c2cccs2)nc1CC(=O)NNC(=O)c1ccc(COc2ccc(Cl)cc2)cc1. The summed E-state index contributed by atoms with van der Waals surface area (Å²) in [4.78, 5) is 29.9. The number of ether oxygens (including phenoxy) is 1. The van der Waals surface area contributed by atoms with E-state index in [1.807, 2.05) is 17.5 Å². The Labute approximate surface area is 199 Å². The van der Waals surface area contributed by atoms with Gasteiger partial charge in [0.25, 0.3) is 5.91 Å². The van der Waals surface area contributed by atoms with Crippen LogP contribution in [0.3, 0.4) is 0 Å². The average Bonchev–Trinajstić information content (AvgIpc) is 3.48. The summed E-state index contributed by atoms with van der Waals surface area (Å²) in [6.45, 7) is 2.11. The third-order valence-corrected chi connectivity index (χ3v) is 5.81. The third-order valence-electron chi connectivity index (χ3n) is 4.70. The van der Waals surface area contributed by atoms with Crippen LogP contribution in [0, 0.1) is 6.92 Å². The molecule has 4 rings (SSSR count). The van der Waals surface area contributed by atoms with Gasteiger partial charge in [0.05, 0.1) is 17.0 Å². The van der Waals surface area contributed by atoms with Crippen LogP contribution < -0.4 is 15.6 Å². The number of nitrogens with one attached hydrogen (secondary N) is 2. The summed E-state index contributed by atoms with van der Waals surface area (Å²) in [6.07, 6.45) is -0.0119. The van der Waals surface area contributed by atoms with E-state index in [9.17, 15) is 9.59 Å². The minimum absolute atomic E-state index is 0.0119. The second-order valence-corrected chi connectivity index (χ2v) is 8.50. The van der Waals surface area contributed by atoms with Gasteiger partial charge < -0.3 is 9.15 Å². The number of carbonyl (C=O) groups excluding carboxylic acids is 2. The van der Waals surface area contributed by atoms with Crippen molar-refractivity contribution in [2.24, 2.45) is 0 Å². The van der Waals surface area contributed by atoms with Crippen LogP contribution in [0.15, 0.2) is 70.5 Å². The highest BCUT2D eigenvalue weighted by Gasteiger charge is 2.16. The minimum atomic E-state index is -0.426. The molecule has 0 saturated carbocycles. The van der Waals surface area contributed by atoms with Gasteiger partial charge in [-0.2, -0.15) is 0 Å². The van der Waals surface area contributed by atoms with Gasteiger partial charge in [0.1, 0.15) is 18.1 Å². The fraction of sp³-hybridized carbons (Fsp3) is 0.125. The zero-order valence-corrected chi connectivity index (χ0v) is 19.2. The molecule has 0 radical (unpaired) electrons.